The Morgan fingerprint density at radius 2 is 1.92 bits per heavy atom. The lowest BCUT2D eigenvalue weighted by Crippen LogP contribution is -2.51. The van der Waals surface area contributed by atoms with E-state index in [-0.39, 0.29) is 6.10 Å². The van der Waals surface area contributed by atoms with Crippen LogP contribution in [0.25, 0.3) is 0 Å². The van der Waals surface area contributed by atoms with E-state index in [0.29, 0.717) is 12.1 Å². The zero-order valence-electron chi connectivity index (χ0n) is 7.33. The fourth-order valence-corrected chi connectivity index (χ4v) is 2.60. The Morgan fingerprint density at radius 1 is 1.17 bits per heavy atom. The first-order valence-electron chi connectivity index (χ1n) is 4.88. The highest BCUT2D eigenvalue weighted by atomic mass is 32.2. The molecule has 0 aromatic carbocycles. The molecular weight excluding hydrogens is 170 g/mol. The van der Waals surface area contributed by atoms with Gasteiger partial charge in [-0.25, -0.2) is 0 Å². The average Bonchev–Trinajstić information content (AvgIpc) is 2.00. The smallest absolute Gasteiger partial charge is 0.0693 e. The predicted molar refractivity (Wildman–Crippen MR) is 52.5 cm³/mol. The molecule has 1 saturated carbocycles. The van der Waals surface area contributed by atoms with Crippen LogP contribution in [-0.4, -0.2) is 34.8 Å². The maximum absolute atomic E-state index is 9.67. The van der Waals surface area contributed by atoms with Gasteiger partial charge in [-0.3, -0.25) is 0 Å². The predicted octanol–water partition coefficient (Wildman–Crippen LogP) is 0.995. The summed E-state index contributed by atoms with van der Waals surface area (Å²) in [5.41, 5.74) is 0. The third-order valence-electron chi connectivity index (χ3n) is 2.82. The van der Waals surface area contributed by atoms with Gasteiger partial charge in [-0.1, -0.05) is 12.8 Å². The van der Waals surface area contributed by atoms with Gasteiger partial charge in [-0.15, -0.1) is 0 Å². The number of aliphatic hydroxyl groups excluding tert-OH is 1. The van der Waals surface area contributed by atoms with Gasteiger partial charge < -0.3 is 10.4 Å². The van der Waals surface area contributed by atoms with Crippen molar-refractivity contribution in [2.75, 3.05) is 11.5 Å². The highest BCUT2D eigenvalue weighted by Gasteiger charge is 2.27. The Bertz CT molecular complexity index is 149. The van der Waals surface area contributed by atoms with Crippen LogP contribution in [0.5, 0.6) is 0 Å². The number of hydrogen-bond acceptors (Lipinski definition) is 3. The van der Waals surface area contributed by atoms with Gasteiger partial charge in [0.05, 0.1) is 6.10 Å². The molecule has 2 rings (SSSR count). The first-order valence-corrected chi connectivity index (χ1v) is 6.03. The lowest BCUT2D eigenvalue weighted by molar-refractivity contribution is 0.0870. The molecule has 1 heterocycles. The molecule has 1 saturated heterocycles. The topological polar surface area (TPSA) is 32.3 Å². The van der Waals surface area contributed by atoms with E-state index in [1.54, 1.807) is 0 Å². The van der Waals surface area contributed by atoms with Crippen LogP contribution in [0.1, 0.15) is 25.7 Å². The minimum absolute atomic E-state index is 0.0793. The van der Waals surface area contributed by atoms with Gasteiger partial charge in [0.15, 0.2) is 0 Å². The Labute approximate surface area is 78.1 Å². The van der Waals surface area contributed by atoms with E-state index >= 15 is 0 Å². The van der Waals surface area contributed by atoms with E-state index in [4.69, 9.17) is 0 Å². The maximum Gasteiger partial charge on any atom is 0.0693 e. The summed E-state index contributed by atoms with van der Waals surface area (Å²) < 4.78 is 0. The molecule has 2 atom stereocenters. The number of nitrogens with one attached hydrogen (secondary N) is 1. The van der Waals surface area contributed by atoms with E-state index in [1.807, 2.05) is 11.8 Å². The molecule has 0 spiro atoms. The first-order chi connectivity index (χ1) is 5.86. The molecule has 2 fully saturated rings. The molecule has 0 radical (unpaired) electrons. The fraction of sp³-hybridized carbons (Fsp3) is 1.00. The zero-order chi connectivity index (χ0) is 8.39. The molecule has 0 aromatic heterocycles. The third kappa shape index (κ3) is 1.95. The fourth-order valence-electron chi connectivity index (χ4n) is 1.94. The third-order valence-corrected chi connectivity index (χ3v) is 4.09. The van der Waals surface area contributed by atoms with Crippen LogP contribution in [0.15, 0.2) is 0 Å². The van der Waals surface area contributed by atoms with Crippen molar-refractivity contribution in [3.05, 3.63) is 0 Å². The molecule has 2 aliphatic rings. The molecule has 1 aliphatic carbocycles. The van der Waals surface area contributed by atoms with Crippen molar-refractivity contribution in [3.8, 4) is 0 Å². The lowest BCUT2D eigenvalue weighted by Gasteiger charge is -2.35. The van der Waals surface area contributed by atoms with Crippen LogP contribution in [0.3, 0.4) is 0 Å². The van der Waals surface area contributed by atoms with Gasteiger partial charge in [0.25, 0.3) is 0 Å². The van der Waals surface area contributed by atoms with Crippen molar-refractivity contribution in [2.24, 2.45) is 0 Å². The molecule has 3 heteroatoms. The summed E-state index contributed by atoms with van der Waals surface area (Å²) in [6, 6.07) is 1.08. The maximum atomic E-state index is 9.67. The molecular formula is C9H17NOS. The minimum atomic E-state index is -0.0793. The number of rotatable bonds is 2. The van der Waals surface area contributed by atoms with Crippen LogP contribution < -0.4 is 5.32 Å². The van der Waals surface area contributed by atoms with Crippen LogP contribution >= 0.6 is 11.8 Å². The molecule has 0 amide bonds. The lowest BCUT2D eigenvalue weighted by atomic mass is 9.92. The standard InChI is InChI=1S/C9H17NOS/c11-9-4-2-1-3-8(9)10-7-5-12-6-7/h7-11H,1-6H2/t8-,9-/m1/s1. The molecule has 0 aromatic rings. The minimum Gasteiger partial charge on any atom is -0.392 e. The van der Waals surface area contributed by atoms with Crippen LogP contribution in [0, 0.1) is 0 Å². The van der Waals surface area contributed by atoms with Crippen molar-refractivity contribution in [3.63, 3.8) is 0 Å². The van der Waals surface area contributed by atoms with E-state index < -0.39 is 0 Å². The summed E-state index contributed by atoms with van der Waals surface area (Å²) >= 11 is 1.99. The molecule has 12 heavy (non-hydrogen) atoms. The van der Waals surface area contributed by atoms with Gasteiger partial charge in [-0.2, -0.15) is 11.8 Å². The molecule has 2 nitrogen and oxygen atoms in total. The van der Waals surface area contributed by atoms with Gasteiger partial charge in [0.2, 0.25) is 0 Å². The van der Waals surface area contributed by atoms with E-state index in [9.17, 15) is 5.11 Å². The van der Waals surface area contributed by atoms with E-state index in [1.165, 1.54) is 30.8 Å². The van der Waals surface area contributed by atoms with Crippen LogP contribution in [-0.2, 0) is 0 Å². The molecule has 1 aliphatic heterocycles. The van der Waals surface area contributed by atoms with E-state index in [0.717, 1.165) is 6.42 Å². The van der Waals surface area contributed by atoms with Crippen molar-refractivity contribution < 1.29 is 5.11 Å². The second kappa shape index (κ2) is 3.99. The summed E-state index contributed by atoms with van der Waals surface area (Å²) in [5.74, 6) is 2.48. The SMILES string of the molecule is O[C@@H]1CCCC[C@H]1NC1CSC1. The molecule has 2 N–H and O–H groups in total. The molecule has 0 unspecified atom stereocenters. The molecule has 0 bridgehead atoms. The first kappa shape index (κ1) is 8.85. The Balaban J connectivity index is 1.76. The monoisotopic (exact) mass is 187 g/mol. The Hall–Kier alpha value is 0.270. The summed E-state index contributed by atoms with van der Waals surface area (Å²) in [6.45, 7) is 0. The quantitative estimate of drug-likeness (QED) is 0.676. The van der Waals surface area contributed by atoms with Crippen molar-refractivity contribution >= 4 is 11.8 Å². The summed E-state index contributed by atoms with van der Waals surface area (Å²) in [5, 5.41) is 13.2. The zero-order valence-corrected chi connectivity index (χ0v) is 8.15. The van der Waals surface area contributed by atoms with Crippen LogP contribution in [0.2, 0.25) is 0 Å². The summed E-state index contributed by atoms with van der Waals surface area (Å²) in [6.07, 6.45) is 4.58. The van der Waals surface area contributed by atoms with Gasteiger partial charge in [0.1, 0.15) is 0 Å². The normalized spacial score (nSPS) is 37.8. The second-order valence-corrected chi connectivity index (χ2v) is 4.93. The van der Waals surface area contributed by atoms with Crippen molar-refractivity contribution in [1.82, 2.24) is 5.32 Å². The van der Waals surface area contributed by atoms with E-state index in [2.05, 4.69) is 5.32 Å². The van der Waals surface area contributed by atoms with Gasteiger partial charge in [-0.05, 0) is 12.8 Å². The Kier molecular flexibility index (Phi) is 2.94. The number of thioether (sulfide) groups is 1. The van der Waals surface area contributed by atoms with Crippen molar-refractivity contribution in [2.45, 2.75) is 43.9 Å². The summed E-state index contributed by atoms with van der Waals surface area (Å²) in [7, 11) is 0. The summed E-state index contributed by atoms with van der Waals surface area (Å²) in [4.78, 5) is 0. The van der Waals surface area contributed by atoms with Crippen molar-refractivity contribution in [1.29, 1.82) is 0 Å². The largest absolute Gasteiger partial charge is 0.392 e. The highest BCUT2D eigenvalue weighted by molar-refractivity contribution is 8.00. The highest BCUT2D eigenvalue weighted by Crippen LogP contribution is 2.23. The number of aliphatic hydroxyl groups is 1. The molecule has 70 valence electrons. The average molecular weight is 187 g/mol. The van der Waals surface area contributed by atoms with Gasteiger partial charge in [0, 0.05) is 23.6 Å². The van der Waals surface area contributed by atoms with Gasteiger partial charge >= 0.3 is 0 Å². The Morgan fingerprint density at radius 3 is 2.50 bits per heavy atom. The number of hydrogen-bond donors (Lipinski definition) is 2. The van der Waals surface area contributed by atoms with Crippen LogP contribution in [0.4, 0.5) is 0 Å². The second-order valence-electron chi connectivity index (χ2n) is 3.86.